The number of para-hydroxylation sites is 1. The molecule has 2 aliphatic heterocycles. The second-order valence-electron chi connectivity index (χ2n) is 18.7. The first-order chi connectivity index (χ1) is 40.3. The molecule has 2 saturated heterocycles. The van der Waals surface area contributed by atoms with Crippen LogP contribution in [0.1, 0.15) is 69.1 Å². The Kier molecular flexibility index (Phi) is 15.9. The highest BCUT2D eigenvalue weighted by molar-refractivity contribution is 5.99. The highest BCUT2D eigenvalue weighted by Gasteiger charge is 2.45. The number of alkyl carbamates (subject to hydrolysis) is 1. The molecule has 8 rings (SSSR count). The van der Waals surface area contributed by atoms with Crippen molar-refractivity contribution in [2.75, 3.05) is 26.2 Å². The van der Waals surface area contributed by atoms with Gasteiger partial charge in [-0.3, -0.25) is 28.8 Å². The highest BCUT2D eigenvalue weighted by atomic mass is 16.6. The normalized spacial score (nSPS) is 23.1. The van der Waals surface area contributed by atoms with E-state index in [1.165, 1.54) is 29.2 Å². The van der Waals surface area contributed by atoms with Gasteiger partial charge in [-0.1, -0.05) is 121 Å². The molecule has 11 N–H and O–H groups in total. The lowest BCUT2D eigenvalue weighted by Gasteiger charge is -2.32. The molecule has 19 heteroatoms. The number of ether oxygens (including phenoxy) is 2. The van der Waals surface area contributed by atoms with Gasteiger partial charge >= 0.3 is 6.09 Å². The number of H-pyrrole nitrogens is 1. The third kappa shape index (κ3) is 14.9. The molecule has 0 spiro atoms. The van der Waals surface area contributed by atoms with Crippen molar-refractivity contribution in [1.29, 1.82) is 0 Å². The van der Waals surface area contributed by atoms with Gasteiger partial charge in [0.05, 0.1) is 16.1 Å². The molecular weight excluding hydrogens is 981 g/mol. The number of nitrogens with zero attached hydrogens (tertiary/aromatic N) is 1. The smallest absolute Gasteiger partial charge is 0.407 e. The molecule has 3 heterocycles. The van der Waals surface area contributed by atoms with Crippen LogP contribution in [0.3, 0.4) is 0 Å². The summed E-state index contributed by atoms with van der Waals surface area (Å²) < 4.78 is 69.4. The minimum atomic E-state index is -2.94. The van der Waals surface area contributed by atoms with Crippen molar-refractivity contribution in [2.24, 2.45) is 11.5 Å². The quantitative estimate of drug-likeness (QED) is 0.0598. The molecule has 0 aliphatic carbocycles. The summed E-state index contributed by atoms with van der Waals surface area (Å²) in [6, 6.07) is 17.2. The van der Waals surface area contributed by atoms with E-state index in [2.05, 4.69) is 36.9 Å². The SMILES string of the molecule is [2H]c1c([2H])c([2H])c(C([2H])([2H])Oc2ccc(C[C@@H]3NC(=O)[C@H](CCCCN)NC(=O)[C@@H](Cc4c[nH]c5ccccc45)NC(=O)[C@H](c4ccccc4)NC(=O)[C@@H]4C[C@@H](OC(=O)NCCN)CN4C(=O)[C@H](Cc4ccccc4)NC3=O)cc2)c([2H])c1[2H]. The molecule has 2 aliphatic rings. The molecule has 402 valence electrons. The summed E-state index contributed by atoms with van der Waals surface area (Å²) in [4.78, 5) is 108. The number of carbonyl (C=O) groups excluding carboxylic acids is 7. The van der Waals surface area contributed by atoms with Crippen molar-refractivity contribution in [1.82, 2.24) is 41.8 Å². The lowest BCUT2D eigenvalue weighted by molar-refractivity contribution is -0.143. The van der Waals surface area contributed by atoms with Gasteiger partial charge in [0.1, 0.15) is 54.7 Å². The van der Waals surface area contributed by atoms with Gasteiger partial charge in [0.25, 0.3) is 0 Å². The van der Waals surface area contributed by atoms with Crippen LogP contribution in [0.4, 0.5) is 4.79 Å². The lowest BCUT2D eigenvalue weighted by atomic mass is 9.99. The van der Waals surface area contributed by atoms with E-state index in [9.17, 15) is 24.0 Å². The number of amides is 7. The van der Waals surface area contributed by atoms with Gasteiger partial charge in [-0.15, -0.1) is 0 Å². The van der Waals surface area contributed by atoms with Gasteiger partial charge in [0, 0.05) is 55.9 Å². The van der Waals surface area contributed by atoms with Crippen LogP contribution in [0.5, 0.6) is 5.75 Å². The average molecular weight is 1050 g/mol. The second kappa shape index (κ2) is 26.8. The summed E-state index contributed by atoms with van der Waals surface area (Å²) in [7, 11) is 0. The summed E-state index contributed by atoms with van der Waals surface area (Å²) in [5.74, 6) is -5.07. The van der Waals surface area contributed by atoms with Crippen LogP contribution < -0.4 is 48.1 Å². The number of unbranched alkanes of at least 4 members (excludes halogenated alkanes) is 1. The summed E-state index contributed by atoms with van der Waals surface area (Å²) >= 11 is 0. The number of aromatic nitrogens is 1. The molecular formula is C58H66N10O9. The van der Waals surface area contributed by atoms with Crippen LogP contribution in [0.25, 0.3) is 10.9 Å². The maximum atomic E-state index is 15.4. The van der Waals surface area contributed by atoms with Gasteiger partial charge < -0.3 is 62.7 Å². The van der Waals surface area contributed by atoms with E-state index in [1.807, 2.05) is 24.3 Å². The summed E-state index contributed by atoms with van der Waals surface area (Å²) in [6.07, 6.45) is -0.280. The molecule has 0 saturated carbocycles. The second-order valence-corrected chi connectivity index (χ2v) is 18.7. The molecule has 19 nitrogen and oxygen atoms in total. The van der Waals surface area contributed by atoms with Crippen molar-refractivity contribution in [3.05, 3.63) is 173 Å². The maximum absolute atomic E-state index is 15.4. The first-order valence-electron chi connectivity index (χ1n) is 28.9. The van der Waals surface area contributed by atoms with E-state index in [-0.39, 0.29) is 64.0 Å². The third-order valence-electron chi connectivity index (χ3n) is 13.2. The van der Waals surface area contributed by atoms with Gasteiger partial charge in [-0.2, -0.15) is 0 Å². The Hall–Kier alpha value is -8.55. The first-order valence-corrected chi connectivity index (χ1v) is 25.4. The molecule has 77 heavy (non-hydrogen) atoms. The third-order valence-corrected chi connectivity index (χ3v) is 13.2. The molecule has 0 unspecified atom stereocenters. The van der Waals surface area contributed by atoms with Crippen molar-refractivity contribution >= 4 is 52.4 Å². The number of hydrogen-bond donors (Lipinski definition) is 9. The number of fused-ring (bicyclic) bond motifs is 2. The number of nitrogens with two attached hydrogens (primary N) is 2. The molecule has 0 radical (unpaired) electrons. The summed E-state index contributed by atoms with van der Waals surface area (Å²) in [5, 5.41) is 17.4. The van der Waals surface area contributed by atoms with Crippen molar-refractivity contribution in [3.63, 3.8) is 0 Å². The van der Waals surface area contributed by atoms with E-state index in [0.29, 0.717) is 35.1 Å². The molecule has 0 bridgehead atoms. The van der Waals surface area contributed by atoms with Crippen LogP contribution >= 0.6 is 0 Å². The highest BCUT2D eigenvalue weighted by Crippen LogP contribution is 2.26. The minimum Gasteiger partial charge on any atom is -0.489 e. The monoisotopic (exact) mass is 1050 g/mol. The molecule has 1 aromatic heterocycles. The average Bonchev–Trinajstić information content (AvgIpc) is 3.19. The largest absolute Gasteiger partial charge is 0.489 e. The zero-order valence-electron chi connectivity index (χ0n) is 49.1. The lowest BCUT2D eigenvalue weighted by Crippen LogP contribution is -2.61. The predicted molar refractivity (Wildman–Crippen MR) is 288 cm³/mol. The van der Waals surface area contributed by atoms with E-state index in [1.54, 1.807) is 66.9 Å². The van der Waals surface area contributed by atoms with Crippen LogP contribution in [0, 0.1) is 0 Å². The van der Waals surface area contributed by atoms with Crippen LogP contribution in [0.15, 0.2) is 146 Å². The summed E-state index contributed by atoms with van der Waals surface area (Å²) in [5.41, 5.74) is 13.4. The Labute approximate surface area is 456 Å². The van der Waals surface area contributed by atoms with Crippen LogP contribution in [-0.2, 0) is 59.3 Å². The van der Waals surface area contributed by atoms with Gasteiger partial charge in [0.2, 0.25) is 35.4 Å². The van der Waals surface area contributed by atoms with Gasteiger partial charge in [0.15, 0.2) is 0 Å². The van der Waals surface area contributed by atoms with Crippen molar-refractivity contribution in [2.45, 2.75) is 93.9 Å². The maximum Gasteiger partial charge on any atom is 0.407 e. The fourth-order valence-electron chi connectivity index (χ4n) is 9.29. The zero-order valence-corrected chi connectivity index (χ0v) is 42.1. The van der Waals surface area contributed by atoms with E-state index >= 15 is 9.59 Å². The number of rotatable bonds is 17. The van der Waals surface area contributed by atoms with Gasteiger partial charge in [-0.05, 0) is 71.8 Å². The standard InChI is InChI=1S/C58H66N10O9/c59-27-13-12-22-46-52(69)64-47(30-38-23-25-42(26-24-38)76-36-39-16-6-2-7-17-39)53(70)66-49(31-37-14-4-1-5-15-37)57(74)68-35-43(77-58(75)61-29-28-60)33-50(68)55(72)67-51(40-18-8-3-9-19-40)56(73)65-48(54(71)63-46)32-41-34-62-45-21-11-10-20-44(41)45/h1-11,14-21,23-26,34,43,46-51,62H,12-13,22,27-33,35-36,59-60H2,(H,61,75)(H,63,71)(H,64,69)(H,65,73)(H,66,70)(H,67,72)/t43-,46+,47+,48-,49+,50+,51+/m1/s1/i2D,6D,7D,16D,17D,36D2. The molecule has 7 atom stereocenters. The molecule has 5 aromatic carbocycles. The molecule has 7 amide bonds. The van der Waals surface area contributed by atoms with Gasteiger partial charge in [-0.25, -0.2) is 4.79 Å². The fourth-order valence-corrected chi connectivity index (χ4v) is 9.29. The predicted octanol–water partition coefficient (Wildman–Crippen LogP) is 3.37. The Balaban J connectivity index is 1.20. The number of benzene rings is 5. The summed E-state index contributed by atoms with van der Waals surface area (Å²) in [6.45, 7) is -2.88. The molecule has 2 fully saturated rings. The van der Waals surface area contributed by atoms with Crippen molar-refractivity contribution < 1.29 is 52.6 Å². The Morgan fingerprint density at radius 2 is 1.27 bits per heavy atom. The fraction of sp³-hybridized carbons (Fsp3) is 0.328. The number of nitrogens with one attached hydrogen (secondary N) is 7. The Morgan fingerprint density at radius 1 is 0.649 bits per heavy atom. The minimum absolute atomic E-state index is 0.0144. The van der Waals surface area contributed by atoms with E-state index in [4.69, 9.17) is 30.5 Å². The number of carbonyl (C=O) groups is 7. The number of hydrogen-bond acceptors (Lipinski definition) is 11. The van der Waals surface area contributed by atoms with Crippen LogP contribution in [-0.4, -0.2) is 114 Å². The topological polar surface area (TPSA) is 281 Å². The van der Waals surface area contributed by atoms with E-state index in [0.717, 1.165) is 10.9 Å². The van der Waals surface area contributed by atoms with E-state index < -0.39 is 126 Å². The Bertz CT molecular complexity index is 3330. The first kappa shape index (κ1) is 45.8. The Morgan fingerprint density at radius 3 is 2.00 bits per heavy atom. The number of aromatic amines is 1. The zero-order chi connectivity index (χ0) is 60.2. The van der Waals surface area contributed by atoms with Crippen LogP contribution in [0.2, 0.25) is 0 Å². The molecule has 6 aromatic rings. The van der Waals surface area contributed by atoms with Crippen molar-refractivity contribution in [3.8, 4) is 5.75 Å².